The summed E-state index contributed by atoms with van der Waals surface area (Å²) in [5, 5.41) is 8.33. The molecular formula is C10H11NO2. The first-order valence-corrected chi connectivity index (χ1v) is 3.92. The number of aliphatic carboxylic acids is 1. The highest BCUT2D eigenvalue weighted by Gasteiger charge is 1.92. The third-order valence-corrected chi connectivity index (χ3v) is 1.61. The molecule has 1 heterocycles. The first-order chi connectivity index (χ1) is 6.20. The van der Waals surface area contributed by atoms with Crippen molar-refractivity contribution in [3.05, 3.63) is 42.3 Å². The molecule has 13 heavy (non-hydrogen) atoms. The molecule has 0 aromatic carbocycles. The van der Waals surface area contributed by atoms with E-state index in [4.69, 9.17) is 5.11 Å². The Labute approximate surface area is 76.4 Å². The Morgan fingerprint density at radius 2 is 2.38 bits per heavy atom. The van der Waals surface area contributed by atoms with Crippen LogP contribution in [0.3, 0.4) is 0 Å². The van der Waals surface area contributed by atoms with E-state index in [-0.39, 0.29) is 0 Å². The number of carbonyl (C=O) groups is 1. The van der Waals surface area contributed by atoms with Gasteiger partial charge in [-0.25, -0.2) is 4.79 Å². The number of H-pyrrole nitrogens is 1. The molecule has 68 valence electrons. The number of hydrogen-bond donors (Lipinski definition) is 2. The van der Waals surface area contributed by atoms with Gasteiger partial charge in [0.15, 0.2) is 0 Å². The van der Waals surface area contributed by atoms with E-state index in [1.54, 1.807) is 6.08 Å². The molecular weight excluding hydrogens is 166 g/mol. The summed E-state index contributed by atoms with van der Waals surface area (Å²) in [6, 6.07) is 3.83. The number of nitrogens with one attached hydrogen (secondary N) is 1. The molecule has 2 N–H and O–H groups in total. The largest absolute Gasteiger partial charge is 0.478 e. The fraction of sp³-hybridized carbons (Fsp3) is 0.100. The normalized spacial score (nSPS) is 12.2. The average molecular weight is 177 g/mol. The fourth-order valence-electron chi connectivity index (χ4n) is 0.940. The molecule has 1 aromatic heterocycles. The number of aromatic amines is 1. The van der Waals surface area contributed by atoms with E-state index >= 15 is 0 Å². The molecule has 0 spiro atoms. The Hall–Kier alpha value is -1.77. The van der Waals surface area contributed by atoms with E-state index in [1.165, 1.54) is 6.08 Å². The van der Waals surface area contributed by atoms with Crippen LogP contribution in [0.1, 0.15) is 12.6 Å². The molecule has 0 aliphatic carbocycles. The highest BCUT2D eigenvalue weighted by Crippen LogP contribution is 2.09. The van der Waals surface area contributed by atoms with Crippen molar-refractivity contribution in [2.75, 3.05) is 0 Å². The Morgan fingerprint density at radius 1 is 1.62 bits per heavy atom. The van der Waals surface area contributed by atoms with Gasteiger partial charge in [-0.1, -0.05) is 12.2 Å². The number of carboxylic acids is 1. The first kappa shape index (κ1) is 9.32. The Kier molecular flexibility index (Phi) is 3.09. The summed E-state index contributed by atoms with van der Waals surface area (Å²) < 4.78 is 0. The van der Waals surface area contributed by atoms with Gasteiger partial charge in [0.25, 0.3) is 0 Å². The average Bonchev–Trinajstić information content (AvgIpc) is 2.55. The summed E-state index contributed by atoms with van der Waals surface area (Å²) in [6.45, 7) is 1.91. The van der Waals surface area contributed by atoms with Crippen LogP contribution >= 0.6 is 0 Å². The van der Waals surface area contributed by atoms with Crippen molar-refractivity contribution < 1.29 is 9.90 Å². The van der Waals surface area contributed by atoms with Crippen molar-refractivity contribution in [1.29, 1.82) is 0 Å². The molecule has 0 aliphatic rings. The summed E-state index contributed by atoms with van der Waals surface area (Å²) in [5.74, 6) is -0.935. The zero-order valence-electron chi connectivity index (χ0n) is 7.32. The van der Waals surface area contributed by atoms with Gasteiger partial charge in [0.1, 0.15) is 0 Å². The van der Waals surface area contributed by atoms with Gasteiger partial charge in [-0.2, -0.15) is 0 Å². The highest BCUT2D eigenvalue weighted by molar-refractivity contribution is 5.80. The maximum Gasteiger partial charge on any atom is 0.328 e. The van der Waals surface area contributed by atoms with Gasteiger partial charge >= 0.3 is 5.97 Å². The van der Waals surface area contributed by atoms with Crippen LogP contribution in [-0.2, 0) is 4.79 Å². The van der Waals surface area contributed by atoms with Gasteiger partial charge in [-0.15, -0.1) is 0 Å². The van der Waals surface area contributed by atoms with Crippen molar-refractivity contribution in [1.82, 2.24) is 4.98 Å². The summed E-state index contributed by atoms with van der Waals surface area (Å²) >= 11 is 0. The molecule has 0 fully saturated rings. The lowest BCUT2D eigenvalue weighted by Crippen LogP contribution is -1.84. The molecule has 0 saturated heterocycles. The van der Waals surface area contributed by atoms with Crippen LogP contribution in [-0.4, -0.2) is 16.1 Å². The lowest BCUT2D eigenvalue weighted by molar-refractivity contribution is -0.131. The van der Waals surface area contributed by atoms with Crippen LogP contribution in [0.4, 0.5) is 0 Å². The van der Waals surface area contributed by atoms with Gasteiger partial charge in [-0.3, -0.25) is 0 Å². The third-order valence-electron chi connectivity index (χ3n) is 1.61. The minimum atomic E-state index is -0.935. The topological polar surface area (TPSA) is 53.1 Å². The van der Waals surface area contributed by atoms with Crippen molar-refractivity contribution >= 4 is 11.5 Å². The molecule has 0 radical (unpaired) electrons. The SMILES string of the molecule is C/C(=C\C=C\C(=O)O)c1ccc[nH]1. The van der Waals surface area contributed by atoms with E-state index < -0.39 is 5.97 Å². The molecule has 1 aromatic rings. The first-order valence-electron chi connectivity index (χ1n) is 3.92. The van der Waals surface area contributed by atoms with Crippen LogP contribution in [0.25, 0.3) is 5.57 Å². The zero-order valence-corrected chi connectivity index (χ0v) is 7.32. The lowest BCUT2D eigenvalue weighted by Gasteiger charge is -1.93. The maximum atomic E-state index is 10.1. The molecule has 0 bridgehead atoms. The number of rotatable bonds is 3. The van der Waals surface area contributed by atoms with E-state index in [1.807, 2.05) is 25.3 Å². The summed E-state index contributed by atoms with van der Waals surface area (Å²) in [4.78, 5) is 13.2. The van der Waals surface area contributed by atoms with Crippen molar-refractivity contribution in [3.63, 3.8) is 0 Å². The Balaban J connectivity index is 2.68. The van der Waals surface area contributed by atoms with Gasteiger partial charge in [-0.05, 0) is 24.6 Å². The molecule has 0 unspecified atom stereocenters. The minimum absolute atomic E-state index is 0.935. The van der Waals surface area contributed by atoms with Crippen LogP contribution in [0, 0.1) is 0 Å². The zero-order chi connectivity index (χ0) is 9.68. The lowest BCUT2D eigenvalue weighted by atomic mass is 10.2. The van der Waals surface area contributed by atoms with Crippen LogP contribution < -0.4 is 0 Å². The van der Waals surface area contributed by atoms with Gasteiger partial charge in [0.05, 0.1) is 0 Å². The second-order valence-electron chi connectivity index (χ2n) is 2.63. The predicted octanol–water partition coefficient (Wildman–Crippen LogP) is 2.06. The molecule has 0 amide bonds. The van der Waals surface area contributed by atoms with Crippen molar-refractivity contribution in [2.24, 2.45) is 0 Å². The standard InChI is InChI=1S/C10H11NO2/c1-8(4-2-6-10(12)13)9-5-3-7-11-9/h2-7,11H,1H3,(H,12,13)/b6-2+,8-4+. The van der Waals surface area contributed by atoms with E-state index in [0.717, 1.165) is 17.3 Å². The molecule has 1 rings (SSSR count). The van der Waals surface area contributed by atoms with Gasteiger partial charge in [0.2, 0.25) is 0 Å². The molecule has 3 heteroatoms. The Bertz CT molecular complexity index is 334. The number of allylic oxidation sites excluding steroid dienone is 3. The molecule has 0 aliphatic heterocycles. The molecule has 3 nitrogen and oxygen atoms in total. The van der Waals surface area contributed by atoms with Gasteiger partial charge in [0, 0.05) is 18.0 Å². The quantitative estimate of drug-likeness (QED) is 0.548. The van der Waals surface area contributed by atoms with Crippen molar-refractivity contribution in [2.45, 2.75) is 6.92 Å². The summed E-state index contributed by atoms with van der Waals surface area (Å²) in [7, 11) is 0. The van der Waals surface area contributed by atoms with Crippen molar-refractivity contribution in [3.8, 4) is 0 Å². The number of hydrogen-bond acceptors (Lipinski definition) is 1. The smallest absolute Gasteiger partial charge is 0.328 e. The van der Waals surface area contributed by atoms with Crippen LogP contribution in [0.2, 0.25) is 0 Å². The maximum absolute atomic E-state index is 10.1. The molecule has 0 saturated carbocycles. The summed E-state index contributed by atoms with van der Waals surface area (Å²) in [5.41, 5.74) is 2.00. The van der Waals surface area contributed by atoms with E-state index in [0.29, 0.717) is 0 Å². The van der Waals surface area contributed by atoms with E-state index in [2.05, 4.69) is 4.98 Å². The highest BCUT2D eigenvalue weighted by atomic mass is 16.4. The Morgan fingerprint density at radius 3 is 2.92 bits per heavy atom. The summed E-state index contributed by atoms with van der Waals surface area (Å²) in [6.07, 6.45) is 6.19. The monoisotopic (exact) mass is 177 g/mol. The van der Waals surface area contributed by atoms with Gasteiger partial charge < -0.3 is 10.1 Å². The minimum Gasteiger partial charge on any atom is -0.478 e. The van der Waals surface area contributed by atoms with Crippen LogP contribution in [0.15, 0.2) is 36.6 Å². The fourth-order valence-corrected chi connectivity index (χ4v) is 0.940. The predicted molar refractivity (Wildman–Crippen MR) is 51.2 cm³/mol. The van der Waals surface area contributed by atoms with E-state index in [9.17, 15) is 4.79 Å². The second-order valence-corrected chi connectivity index (χ2v) is 2.63. The third kappa shape index (κ3) is 2.99. The molecule has 0 atom stereocenters. The van der Waals surface area contributed by atoms with Crippen LogP contribution in [0.5, 0.6) is 0 Å². The second kappa shape index (κ2) is 4.30. The number of aromatic nitrogens is 1. The number of carboxylic acid groups (broad SMARTS) is 1.